The maximum absolute atomic E-state index is 10.4. The van der Waals surface area contributed by atoms with E-state index >= 15 is 0 Å². The molecule has 3 aliphatic heterocycles. The van der Waals surface area contributed by atoms with Gasteiger partial charge in [-0.2, -0.15) is 0 Å². The fourth-order valence-electron chi connectivity index (χ4n) is 10.4. The van der Waals surface area contributed by atoms with Gasteiger partial charge in [-0.05, 0) is 87.9 Å². The summed E-state index contributed by atoms with van der Waals surface area (Å²) < 4.78 is 20.4. The van der Waals surface area contributed by atoms with Crippen molar-refractivity contribution in [3.63, 3.8) is 0 Å². The summed E-state index contributed by atoms with van der Waals surface area (Å²) in [7, 11) is 0. The molecule has 3 heterocycles. The van der Waals surface area contributed by atoms with E-state index in [1.165, 1.54) is 18.4 Å². The first-order valence-electron chi connectivity index (χ1n) is 13.5. The molecule has 0 amide bonds. The first-order valence-corrected chi connectivity index (χ1v) is 13.5. The number of rotatable bonds is 4. The third-order valence-electron chi connectivity index (χ3n) is 12.2. The van der Waals surface area contributed by atoms with Gasteiger partial charge in [0.05, 0.1) is 23.9 Å². The predicted molar refractivity (Wildman–Crippen MR) is 122 cm³/mol. The van der Waals surface area contributed by atoms with E-state index in [-0.39, 0.29) is 29.0 Å². The zero-order valence-electron chi connectivity index (χ0n) is 20.4. The molecule has 4 nitrogen and oxygen atoms in total. The van der Waals surface area contributed by atoms with Gasteiger partial charge in [0.15, 0.2) is 6.29 Å². The summed E-state index contributed by atoms with van der Waals surface area (Å²) in [6, 6.07) is 0. The molecular formula is C28H42O4. The van der Waals surface area contributed by atoms with Crippen molar-refractivity contribution in [2.45, 2.75) is 121 Å². The highest BCUT2D eigenvalue weighted by Crippen LogP contribution is 2.81. The average Bonchev–Trinajstić information content (AvgIpc) is 3.15. The van der Waals surface area contributed by atoms with Crippen molar-refractivity contribution in [2.75, 3.05) is 0 Å². The second-order valence-electron chi connectivity index (χ2n) is 13.5. The minimum atomic E-state index is -0.106. The fourth-order valence-corrected chi connectivity index (χ4v) is 10.4. The summed E-state index contributed by atoms with van der Waals surface area (Å²) in [5.41, 5.74) is 1.73. The molecule has 7 rings (SSSR count). The van der Waals surface area contributed by atoms with Gasteiger partial charge in [-0.3, -0.25) is 0 Å². The standard InChI is InChI=1S/C28H42O4/c1-15(2)16(3)6-10-26(5)21-14-19-23-27(21,24(30-19)32-26)11-8-20-25(4)9-7-18(29)12-17(25)13-22-28(20,23)31-22/h15,17-24,29H,3,6-14H2,1-2,4-5H3/t17-,18+,19+,20-,21-,22+,23-,24-,25+,26+,27+,28-/m1/s1. The largest absolute Gasteiger partial charge is 0.393 e. The van der Waals surface area contributed by atoms with Gasteiger partial charge >= 0.3 is 0 Å². The van der Waals surface area contributed by atoms with Gasteiger partial charge in [0.25, 0.3) is 0 Å². The van der Waals surface area contributed by atoms with E-state index in [9.17, 15) is 5.11 Å². The number of hydrogen-bond acceptors (Lipinski definition) is 4. The molecular weight excluding hydrogens is 400 g/mol. The Balaban J connectivity index is 1.21. The molecule has 178 valence electrons. The predicted octanol–water partition coefficient (Wildman–Crippen LogP) is 5.23. The van der Waals surface area contributed by atoms with Crippen LogP contribution in [0.4, 0.5) is 0 Å². The maximum Gasteiger partial charge on any atom is 0.165 e. The van der Waals surface area contributed by atoms with E-state index in [4.69, 9.17) is 14.2 Å². The van der Waals surface area contributed by atoms with Crippen LogP contribution in [0.5, 0.6) is 0 Å². The molecule has 4 heteroatoms. The first-order chi connectivity index (χ1) is 15.1. The van der Waals surface area contributed by atoms with Crippen LogP contribution in [0.3, 0.4) is 0 Å². The lowest BCUT2D eigenvalue weighted by atomic mass is 9.44. The lowest BCUT2D eigenvalue weighted by Crippen LogP contribution is -2.60. The summed E-state index contributed by atoms with van der Waals surface area (Å²) in [6.45, 7) is 13.7. The van der Waals surface area contributed by atoms with E-state index in [0.717, 1.165) is 44.9 Å². The van der Waals surface area contributed by atoms with Crippen molar-refractivity contribution in [3.05, 3.63) is 12.2 Å². The number of aliphatic hydroxyl groups excluding tert-OH is 1. The smallest absolute Gasteiger partial charge is 0.165 e. The molecule has 4 aliphatic carbocycles. The van der Waals surface area contributed by atoms with Gasteiger partial charge in [-0.15, -0.1) is 0 Å². The van der Waals surface area contributed by atoms with E-state index in [1.54, 1.807) is 0 Å². The summed E-state index contributed by atoms with van der Waals surface area (Å²) in [4.78, 5) is 0. The lowest BCUT2D eigenvalue weighted by molar-refractivity contribution is -0.175. The highest BCUT2D eigenvalue weighted by molar-refractivity contribution is 5.33. The average molecular weight is 443 g/mol. The van der Waals surface area contributed by atoms with Crippen LogP contribution in [0.15, 0.2) is 12.2 Å². The van der Waals surface area contributed by atoms with Crippen LogP contribution in [0.25, 0.3) is 0 Å². The Morgan fingerprint density at radius 1 is 1.06 bits per heavy atom. The number of epoxide rings is 1. The molecule has 12 atom stereocenters. The van der Waals surface area contributed by atoms with Crippen molar-refractivity contribution < 1.29 is 19.3 Å². The van der Waals surface area contributed by atoms with E-state index in [1.807, 2.05) is 0 Å². The van der Waals surface area contributed by atoms with Crippen molar-refractivity contribution >= 4 is 0 Å². The molecule has 32 heavy (non-hydrogen) atoms. The van der Waals surface area contributed by atoms with Crippen molar-refractivity contribution in [1.29, 1.82) is 0 Å². The normalized spacial score (nSPS) is 61.2. The van der Waals surface area contributed by atoms with Crippen molar-refractivity contribution in [1.82, 2.24) is 0 Å². The molecule has 0 aromatic carbocycles. The molecule has 4 saturated carbocycles. The van der Waals surface area contributed by atoms with Crippen molar-refractivity contribution in [2.24, 2.45) is 40.4 Å². The van der Waals surface area contributed by atoms with Gasteiger partial charge in [0.2, 0.25) is 0 Å². The molecule has 0 aromatic rings. The summed E-state index contributed by atoms with van der Waals surface area (Å²) in [5, 5.41) is 10.4. The Kier molecular flexibility index (Phi) is 4.07. The van der Waals surface area contributed by atoms with Crippen LogP contribution in [0, 0.1) is 40.4 Å². The van der Waals surface area contributed by atoms with Crippen LogP contribution in [0.2, 0.25) is 0 Å². The Labute approximate surface area is 193 Å². The second-order valence-corrected chi connectivity index (χ2v) is 13.5. The number of ether oxygens (including phenoxy) is 3. The summed E-state index contributed by atoms with van der Waals surface area (Å²) in [6.07, 6.45) is 10.5. The van der Waals surface area contributed by atoms with E-state index in [2.05, 4.69) is 34.3 Å². The Bertz CT molecular complexity index is 854. The zero-order chi connectivity index (χ0) is 22.3. The fraction of sp³-hybridized carbons (Fsp3) is 0.929. The van der Waals surface area contributed by atoms with Gasteiger partial charge in [0.1, 0.15) is 5.60 Å². The van der Waals surface area contributed by atoms with Crippen LogP contribution in [-0.2, 0) is 14.2 Å². The number of hydrogen-bond donors (Lipinski definition) is 1. The number of allylic oxidation sites excluding steroid dienone is 1. The van der Waals surface area contributed by atoms with Gasteiger partial charge in [-0.1, -0.05) is 32.9 Å². The monoisotopic (exact) mass is 442 g/mol. The maximum atomic E-state index is 10.4. The van der Waals surface area contributed by atoms with Crippen LogP contribution in [-0.4, -0.2) is 40.9 Å². The molecule has 0 aromatic heterocycles. The zero-order valence-corrected chi connectivity index (χ0v) is 20.4. The van der Waals surface area contributed by atoms with Crippen LogP contribution >= 0.6 is 0 Å². The first kappa shape index (κ1) is 20.9. The topological polar surface area (TPSA) is 51.2 Å². The summed E-state index contributed by atoms with van der Waals surface area (Å²) >= 11 is 0. The molecule has 0 radical (unpaired) electrons. The molecule has 7 aliphatic rings. The second kappa shape index (κ2) is 6.22. The third kappa shape index (κ3) is 2.25. The van der Waals surface area contributed by atoms with Crippen LogP contribution < -0.4 is 0 Å². The molecule has 3 saturated heterocycles. The Hall–Kier alpha value is -0.420. The van der Waals surface area contributed by atoms with Crippen LogP contribution in [0.1, 0.15) is 85.5 Å². The molecule has 7 fully saturated rings. The SMILES string of the molecule is C=C(CC[C@]1(C)O[C@H]2O[C@H]3C[C@H]1[C@]21CC[C@@H]2[C@@]4(C)CC[C@H](O)C[C@@H]4C[C@@H]4O[C@@]42[C@H]31)C(C)C. The van der Waals surface area contributed by atoms with Gasteiger partial charge < -0.3 is 19.3 Å². The highest BCUT2D eigenvalue weighted by atomic mass is 16.7. The van der Waals surface area contributed by atoms with E-state index in [0.29, 0.717) is 47.2 Å². The Morgan fingerprint density at radius 2 is 1.88 bits per heavy atom. The minimum Gasteiger partial charge on any atom is -0.393 e. The minimum absolute atomic E-state index is 0.0239. The molecule has 2 bridgehead atoms. The van der Waals surface area contributed by atoms with Gasteiger partial charge in [-0.25, -0.2) is 0 Å². The van der Waals surface area contributed by atoms with E-state index < -0.39 is 0 Å². The molecule has 2 spiro atoms. The lowest BCUT2D eigenvalue weighted by Gasteiger charge is -2.58. The van der Waals surface area contributed by atoms with Gasteiger partial charge in [0, 0.05) is 17.3 Å². The Morgan fingerprint density at radius 3 is 2.66 bits per heavy atom. The van der Waals surface area contributed by atoms with Crippen molar-refractivity contribution in [3.8, 4) is 0 Å². The summed E-state index contributed by atoms with van der Waals surface area (Å²) in [5.74, 6) is 2.87. The third-order valence-corrected chi connectivity index (χ3v) is 12.2. The highest BCUT2D eigenvalue weighted by Gasteiger charge is 2.87. The number of aliphatic hydroxyl groups is 1. The molecule has 0 unspecified atom stereocenters. The number of fused-ring (bicyclic) bond motifs is 2. The molecule has 1 N–H and O–H groups in total. The quantitative estimate of drug-likeness (QED) is 0.478.